The van der Waals surface area contributed by atoms with E-state index in [1.165, 1.54) is 6.20 Å². The number of aliphatic carboxylic acids is 1. The number of carboxylic acid groups (broad SMARTS) is 1. The van der Waals surface area contributed by atoms with Gasteiger partial charge in [-0.3, -0.25) is 4.79 Å². The summed E-state index contributed by atoms with van der Waals surface area (Å²) in [7, 11) is 0. The van der Waals surface area contributed by atoms with Crippen molar-refractivity contribution in [3.8, 4) is 0 Å². The lowest BCUT2D eigenvalue weighted by Gasteiger charge is -2.06. The van der Waals surface area contributed by atoms with Crippen LogP contribution in [-0.2, 0) is 14.3 Å². The predicted molar refractivity (Wildman–Crippen MR) is 74.3 cm³/mol. The average molecular weight is 278 g/mol. The Morgan fingerprint density at radius 1 is 1.40 bits per heavy atom. The molecule has 0 radical (unpaired) electrons. The average Bonchev–Trinajstić information content (AvgIpc) is 2.33. The fraction of sp³-hybridized carbons (Fsp3) is 0.357. The molecule has 0 bridgehead atoms. The molecular weight excluding hydrogens is 260 g/mol. The largest absolute Gasteiger partial charge is 0.478 e. The number of ether oxygens (including phenoxy) is 1. The van der Waals surface area contributed by atoms with Crippen molar-refractivity contribution >= 4 is 17.8 Å². The number of rotatable bonds is 6. The molecule has 0 spiro atoms. The van der Waals surface area contributed by atoms with Crippen LogP contribution in [0.15, 0.2) is 23.9 Å². The van der Waals surface area contributed by atoms with Crippen molar-refractivity contribution in [2.24, 2.45) is 0 Å². The number of nitrogens with one attached hydrogen (secondary N) is 1. The summed E-state index contributed by atoms with van der Waals surface area (Å²) in [5.74, 6) is -1.21. The Balaban J connectivity index is 2.81. The van der Waals surface area contributed by atoms with Gasteiger partial charge in [0.05, 0.1) is 18.6 Å². The Labute approximate surface area is 117 Å². The van der Waals surface area contributed by atoms with Gasteiger partial charge >= 0.3 is 11.9 Å². The van der Waals surface area contributed by atoms with Crippen LogP contribution in [0.25, 0.3) is 0 Å². The summed E-state index contributed by atoms with van der Waals surface area (Å²) in [5.41, 5.74) is 1.75. The second-order valence-electron chi connectivity index (χ2n) is 4.27. The molecule has 0 saturated heterocycles. The number of carboxylic acids is 1. The molecule has 0 aliphatic rings. The number of hydrogen-bond acceptors (Lipinski definition) is 5. The van der Waals surface area contributed by atoms with Crippen molar-refractivity contribution < 1.29 is 19.4 Å². The molecule has 0 aliphatic heterocycles. The van der Waals surface area contributed by atoms with Gasteiger partial charge in [0.25, 0.3) is 0 Å². The fourth-order valence-corrected chi connectivity index (χ4v) is 1.63. The second kappa shape index (κ2) is 7.28. The number of carbonyl (C=O) groups is 2. The van der Waals surface area contributed by atoms with Gasteiger partial charge in [0.2, 0.25) is 0 Å². The van der Waals surface area contributed by atoms with Gasteiger partial charge < -0.3 is 15.2 Å². The Bertz CT molecular complexity index is 518. The van der Waals surface area contributed by atoms with Gasteiger partial charge in [-0.05, 0) is 38.5 Å². The number of anilines is 1. The molecule has 0 fully saturated rings. The molecule has 20 heavy (non-hydrogen) atoms. The molecular formula is C14H18N2O4. The van der Waals surface area contributed by atoms with Crippen molar-refractivity contribution in [1.29, 1.82) is 0 Å². The zero-order valence-corrected chi connectivity index (χ0v) is 11.8. The van der Waals surface area contributed by atoms with Gasteiger partial charge in [-0.25, -0.2) is 9.78 Å². The van der Waals surface area contributed by atoms with Crippen molar-refractivity contribution in [3.63, 3.8) is 0 Å². The van der Waals surface area contributed by atoms with E-state index in [2.05, 4.69) is 10.3 Å². The number of aryl methyl sites for hydroxylation is 2. The molecule has 0 aliphatic carbocycles. The summed E-state index contributed by atoms with van der Waals surface area (Å²) >= 11 is 0. The molecule has 1 aromatic rings. The Kier molecular flexibility index (Phi) is 5.71. The lowest BCUT2D eigenvalue weighted by molar-refractivity contribution is -0.144. The molecule has 0 unspecified atom stereocenters. The molecule has 6 heteroatoms. The van der Waals surface area contributed by atoms with E-state index in [1.54, 1.807) is 13.0 Å². The van der Waals surface area contributed by atoms with Crippen LogP contribution in [0.2, 0.25) is 0 Å². The van der Waals surface area contributed by atoms with E-state index in [0.29, 0.717) is 5.82 Å². The molecule has 1 rings (SSSR count). The van der Waals surface area contributed by atoms with Gasteiger partial charge in [-0.1, -0.05) is 0 Å². The first-order valence-electron chi connectivity index (χ1n) is 6.22. The molecule has 108 valence electrons. The van der Waals surface area contributed by atoms with E-state index in [4.69, 9.17) is 9.84 Å². The second-order valence-corrected chi connectivity index (χ2v) is 4.27. The summed E-state index contributed by atoms with van der Waals surface area (Å²) in [6, 6.07) is 3.69. The lowest BCUT2D eigenvalue weighted by Crippen LogP contribution is -2.12. The van der Waals surface area contributed by atoms with Crippen molar-refractivity contribution in [2.45, 2.75) is 27.2 Å². The quantitative estimate of drug-likeness (QED) is 0.611. The van der Waals surface area contributed by atoms with E-state index in [1.807, 2.05) is 19.9 Å². The van der Waals surface area contributed by atoms with Crippen LogP contribution in [0.3, 0.4) is 0 Å². The number of hydrogen-bond donors (Lipinski definition) is 2. The van der Waals surface area contributed by atoms with E-state index >= 15 is 0 Å². The van der Waals surface area contributed by atoms with E-state index in [-0.39, 0.29) is 18.6 Å². The SMILES string of the molecule is CCOC(=O)C/C(=C/Nc1cc(C)cc(C)n1)C(=O)O. The van der Waals surface area contributed by atoms with Crippen molar-refractivity contribution in [2.75, 3.05) is 11.9 Å². The van der Waals surface area contributed by atoms with E-state index < -0.39 is 11.9 Å². The fourth-order valence-electron chi connectivity index (χ4n) is 1.63. The van der Waals surface area contributed by atoms with Crippen LogP contribution in [-0.4, -0.2) is 28.6 Å². The topological polar surface area (TPSA) is 88.5 Å². The van der Waals surface area contributed by atoms with Gasteiger partial charge in [0, 0.05) is 11.9 Å². The standard InChI is InChI=1S/C14H18N2O4/c1-4-20-13(17)7-11(14(18)19)8-15-12-6-9(2)5-10(3)16-12/h5-6,8H,4,7H2,1-3H3,(H,15,16)(H,18,19)/b11-8-. The number of pyridine rings is 1. The zero-order valence-electron chi connectivity index (χ0n) is 11.8. The molecule has 0 atom stereocenters. The normalized spacial score (nSPS) is 11.1. The maximum absolute atomic E-state index is 11.3. The first-order valence-corrected chi connectivity index (χ1v) is 6.22. The Hall–Kier alpha value is -2.37. The van der Waals surface area contributed by atoms with Crippen molar-refractivity contribution in [3.05, 3.63) is 35.2 Å². The van der Waals surface area contributed by atoms with Crippen LogP contribution in [0.4, 0.5) is 5.82 Å². The minimum atomic E-state index is -1.17. The van der Waals surface area contributed by atoms with Gasteiger partial charge in [0.15, 0.2) is 0 Å². The molecule has 0 aromatic carbocycles. The minimum Gasteiger partial charge on any atom is -0.478 e. The Morgan fingerprint density at radius 3 is 2.65 bits per heavy atom. The summed E-state index contributed by atoms with van der Waals surface area (Å²) in [4.78, 5) is 26.6. The minimum absolute atomic E-state index is 0.0793. The molecule has 6 nitrogen and oxygen atoms in total. The molecule has 1 aromatic heterocycles. The molecule has 2 N–H and O–H groups in total. The summed E-state index contributed by atoms with van der Waals surface area (Å²) in [6.45, 7) is 5.65. The zero-order chi connectivity index (χ0) is 15.1. The van der Waals surface area contributed by atoms with Gasteiger partial charge in [0.1, 0.15) is 5.82 Å². The third kappa shape index (κ3) is 5.09. The van der Waals surface area contributed by atoms with E-state index in [0.717, 1.165) is 11.3 Å². The van der Waals surface area contributed by atoms with Crippen molar-refractivity contribution in [1.82, 2.24) is 4.98 Å². The van der Waals surface area contributed by atoms with Crippen LogP contribution < -0.4 is 5.32 Å². The van der Waals surface area contributed by atoms with Gasteiger partial charge in [-0.2, -0.15) is 0 Å². The predicted octanol–water partition coefficient (Wildman–Crippen LogP) is 2.03. The first kappa shape index (κ1) is 15.7. The summed E-state index contributed by atoms with van der Waals surface area (Å²) < 4.78 is 4.73. The molecule has 0 amide bonds. The van der Waals surface area contributed by atoms with E-state index in [9.17, 15) is 9.59 Å². The van der Waals surface area contributed by atoms with Crippen LogP contribution in [0, 0.1) is 13.8 Å². The van der Waals surface area contributed by atoms with Gasteiger partial charge in [-0.15, -0.1) is 0 Å². The number of aromatic nitrogens is 1. The van der Waals surface area contributed by atoms with Crippen LogP contribution in [0.1, 0.15) is 24.6 Å². The maximum atomic E-state index is 11.3. The summed E-state index contributed by atoms with van der Waals surface area (Å²) in [5, 5.41) is 11.8. The lowest BCUT2D eigenvalue weighted by atomic mass is 10.2. The number of nitrogens with zero attached hydrogens (tertiary/aromatic N) is 1. The highest BCUT2D eigenvalue weighted by molar-refractivity contribution is 5.92. The number of carbonyl (C=O) groups excluding carboxylic acids is 1. The number of esters is 1. The third-order valence-electron chi connectivity index (χ3n) is 2.41. The third-order valence-corrected chi connectivity index (χ3v) is 2.41. The first-order chi connectivity index (χ1) is 9.42. The molecule has 1 heterocycles. The Morgan fingerprint density at radius 2 is 2.10 bits per heavy atom. The maximum Gasteiger partial charge on any atom is 0.333 e. The smallest absolute Gasteiger partial charge is 0.333 e. The summed E-state index contributed by atoms with van der Waals surface area (Å²) in [6.07, 6.45) is 0.974. The monoisotopic (exact) mass is 278 g/mol. The highest BCUT2D eigenvalue weighted by Crippen LogP contribution is 2.11. The highest BCUT2D eigenvalue weighted by atomic mass is 16.5. The van der Waals surface area contributed by atoms with Crippen LogP contribution in [0.5, 0.6) is 0 Å². The highest BCUT2D eigenvalue weighted by Gasteiger charge is 2.13. The molecule has 0 saturated carbocycles. The van der Waals surface area contributed by atoms with Crippen LogP contribution >= 0.6 is 0 Å².